The van der Waals surface area contributed by atoms with Gasteiger partial charge in [0, 0.05) is 17.8 Å². The first-order chi connectivity index (χ1) is 9.89. The van der Waals surface area contributed by atoms with E-state index in [9.17, 15) is 13.2 Å². The van der Waals surface area contributed by atoms with Gasteiger partial charge in [0.15, 0.2) is 5.17 Å². The quantitative estimate of drug-likeness (QED) is 0.887. The molecule has 0 spiro atoms. The fourth-order valence-electron chi connectivity index (χ4n) is 1.64. The molecule has 9 heteroatoms. The lowest BCUT2D eigenvalue weighted by atomic mass is 10.4. The highest BCUT2D eigenvalue weighted by molar-refractivity contribution is 8.14. The van der Waals surface area contributed by atoms with Crippen LogP contribution in [0.3, 0.4) is 0 Å². The van der Waals surface area contributed by atoms with Gasteiger partial charge in [0.25, 0.3) is 0 Å². The van der Waals surface area contributed by atoms with E-state index in [1.54, 1.807) is 0 Å². The number of likely N-dealkylation sites (N-methyl/N-ethyl adjacent to an activating group) is 1. The van der Waals surface area contributed by atoms with E-state index >= 15 is 0 Å². The summed E-state index contributed by atoms with van der Waals surface area (Å²) in [5, 5.41) is 3.58. The molecule has 0 saturated carbocycles. The number of benzene rings is 1. The lowest BCUT2D eigenvalue weighted by molar-refractivity contribution is -0.119. The predicted octanol–water partition coefficient (Wildman–Crippen LogP) is 1.18. The normalized spacial score (nSPS) is 15.1. The van der Waals surface area contributed by atoms with E-state index in [0.717, 1.165) is 10.1 Å². The second-order valence-corrected chi connectivity index (χ2v) is 7.86. The number of rotatable bonds is 4. The number of thioether (sulfide) groups is 1. The SMILES string of the molecule is CN(CC(=O)NC1=NCCS1)S(=O)(=O)c1ccc(Cl)cc1. The Balaban J connectivity index is 2.02. The van der Waals surface area contributed by atoms with Crippen molar-refractivity contribution in [2.75, 3.05) is 25.9 Å². The van der Waals surface area contributed by atoms with E-state index in [-0.39, 0.29) is 11.4 Å². The van der Waals surface area contributed by atoms with E-state index < -0.39 is 15.9 Å². The Hall–Kier alpha value is -1.09. The molecule has 1 N–H and O–H groups in total. The second kappa shape index (κ2) is 6.78. The van der Waals surface area contributed by atoms with E-state index in [1.807, 2.05) is 0 Å². The number of carbonyl (C=O) groups excluding carboxylic acids is 1. The summed E-state index contributed by atoms with van der Waals surface area (Å²) < 4.78 is 25.6. The Kier molecular flexibility index (Phi) is 5.26. The van der Waals surface area contributed by atoms with Gasteiger partial charge in [0.05, 0.1) is 18.0 Å². The number of hydrogen-bond acceptors (Lipinski definition) is 5. The topological polar surface area (TPSA) is 78.8 Å². The van der Waals surface area contributed by atoms with Gasteiger partial charge in [0.1, 0.15) is 0 Å². The van der Waals surface area contributed by atoms with E-state index in [1.165, 1.54) is 43.1 Å². The van der Waals surface area contributed by atoms with Crippen LogP contribution in [-0.2, 0) is 14.8 Å². The first-order valence-electron chi connectivity index (χ1n) is 6.08. The van der Waals surface area contributed by atoms with Crippen LogP contribution in [0.25, 0.3) is 0 Å². The number of nitrogens with one attached hydrogen (secondary N) is 1. The van der Waals surface area contributed by atoms with E-state index in [2.05, 4.69) is 10.3 Å². The average molecular weight is 348 g/mol. The van der Waals surface area contributed by atoms with Crippen molar-refractivity contribution in [3.63, 3.8) is 0 Å². The maximum Gasteiger partial charge on any atom is 0.243 e. The minimum Gasteiger partial charge on any atom is -0.304 e. The molecule has 21 heavy (non-hydrogen) atoms. The minimum atomic E-state index is -3.72. The molecule has 114 valence electrons. The average Bonchev–Trinajstić information content (AvgIpc) is 2.91. The summed E-state index contributed by atoms with van der Waals surface area (Å²) in [5.41, 5.74) is 0. The molecule has 0 aromatic heterocycles. The molecule has 0 unspecified atom stereocenters. The zero-order chi connectivity index (χ0) is 15.5. The summed E-state index contributed by atoms with van der Waals surface area (Å²) in [6.45, 7) is 0.393. The second-order valence-electron chi connectivity index (χ2n) is 4.30. The van der Waals surface area contributed by atoms with Gasteiger partial charge >= 0.3 is 0 Å². The minimum absolute atomic E-state index is 0.0924. The van der Waals surface area contributed by atoms with Gasteiger partial charge in [-0.15, -0.1) is 0 Å². The van der Waals surface area contributed by atoms with E-state index in [4.69, 9.17) is 11.6 Å². The van der Waals surface area contributed by atoms with Gasteiger partial charge in [-0.25, -0.2) is 8.42 Å². The summed E-state index contributed by atoms with van der Waals surface area (Å²) in [6, 6.07) is 5.80. The van der Waals surface area contributed by atoms with Crippen LogP contribution in [-0.4, -0.2) is 49.7 Å². The number of aliphatic imine (C=N–C) groups is 1. The molecule has 0 bridgehead atoms. The lowest BCUT2D eigenvalue weighted by Gasteiger charge is -2.16. The van der Waals surface area contributed by atoms with Crippen LogP contribution in [0.2, 0.25) is 5.02 Å². The largest absolute Gasteiger partial charge is 0.304 e. The Bertz CT molecular complexity index is 659. The molecule has 1 aromatic rings. The molecule has 0 atom stereocenters. The predicted molar refractivity (Wildman–Crippen MR) is 84.2 cm³/mol. The molecule has 1 aromatic carbocycles. The maximum absolute atomic E-state index is 12.3. The first kappa shape index (κ1) is 16.3. The van der Waals surface area contributed by atoms with Gasteiger partial charge < -0.3 is 5.32 Å². The number of nitrogens with zero attached hydrogens (tertiary/aromatic N) is 2. The lowest BCUT2D eigenvalue weighted by Crippen LogP contribution is -2.39. The van der Waals surface area contributed by atoms with Crippen LogP contribution in [0.5, 0.6) is 0 Å². The Morgan fingerprint density at radius 2 is 2.10 bits per heavy atom. The number of amidine groups is 1. The number of amides is 1. The molecular formula is C12H14ClN3O3S2. The number of sulfonamides is 1. The van der Waals surface area contributed by atoms with Crippen molar-refractivity contribution < 1.29 is 13.2 Å². The van der Waals surface area contributed by atoms with Crippen LogP contribution >= 0.6 is 23.4 Å². The van der Waals surface area contributed by atoms with Gasteiger partial charge in [-0.05, 0) is 24.3 Å². The number of halogens is 1. The third kappa shape index (κ3) is 4.19. The molecule has 0 fully saturated rings. The summed E-state index contributed by atoms with van der Waals surface area (Å²) >= 11 is 7.17. The summed E-state index contributed by atoms with van der Waals surface area (Å²) in [6.07, 6.45) is 0. The molecule has 0 radical (unpaired) electrons. The smallest absolute Gasteiger partial charge is 0.243 e. The molecule has 1 aliphatic rings. The molecule has 2 rings (SSSR count). The Labute approximate surface area is 132 Å². The highest BCUT2D eigenvalue weighted by Gasteiger charge is 2.23. The highest BCUT2D eigenvalue weighted by atomic mass is 35.5. The van der Waals surface area contributed by atoms with Crippen molar-refractivity contribution in [2.45, 2.75) is 4.90 Å². The molecule has 0 aliphatic carbocycles. The van der Waals surface area contributed by atoms with Crippen molar-refractivity contribution in [1.82, 2.24) is 9.62 Å². The van der Waals surface area contributed by atoms with Crippen molar-refractivity contribution in [2.24, 2.45) is 4.99 Å². The Morgan fingerprint density at radius 1 is 1.43 bits per heavy atom. The fourth-order valence-corrected chi connectivity index (χ4v) is 3.64. The molecule has 6 nitrogen and oxygen atoms in total. The first-order valence-corrected chi connectivity index (χ1v) is 8.89. The van der Waals surface area contributed by atoms with Gasteiger partial charge in [-0.3, -0.25) is 9.79 Å². The molecule has 1 aliphatic heterocycles. The van der Waals surface area contributed by atoms with Gasteiger partial charge in [-0.2, -0.15) is 4.31 Å². The fraction of sp³-hybridized carbons (Fsp3) is 0.333. The van der Waals surface area contributed by atoms with Crippen molar-refractivity contribution >= 4 is 44.5 Å². The monoisotopic (exact) mass is 347 g/mol. The van der Waals surface area contributed by atoms with Crippen LogP contribution < -0.4 is 5.32 Å². The third-order valence-electron chi connectivity index (χ3n) is 2.72. The zero-order valence-corrected chi connectivity index (χ0v) is 13.6. The molecular weight excluding hydrogens is 334 g/mol. The van der Waals surface area contributed by atoms with Crippen molar-refractivity contribution in [3.05, 3.63) is 29.3 Å². The van der Waals surface area contributed by atoms with Gasteiger partial charge in [0.2, 0.25) is 15.9 Å². The van der Waals surface area contributed by atoms with Crippen LogP contribution in [0.15, 0.2) is 34.2 Å². The van der Waals surface area contributed by atoms with Crippen molar-refractivity contribution in [1.29, 1.82) is 0 Å². The van der Waals surface area contributed by atoms with Crippen LogP contribution in [0.4, 0.5) is 0 Å². The van der Waals surface area contributed by atoms with E-state index in [0.29, 0.717) is 16.7 Å². The standard InChI is InChI=1S/C12H14ClN3O3S2/c1-16(8-11(17)15-12-14-6-7-20-12)21(18,19)10-4-2-9(13)3-5-10/h2-5H,6-8H2,1H3,(H,14,15,17). The van der Waals surface area contributed by atoms with Crippen molar-refractivity contribution in [3.8, 4) is 0 Å². The van der Waals surface area contributed by atoms with Crippen LogP contribution in [0, 0.1) is 0 Å². The highest BCUT2D eigenvalue weighted by Crippen LogP contribution is 2.17. The van der Waals surface area contributed by atoms with Crippen LogP contribution in [0.1, 0.15) is 0 Å². The Morgan fingerprint density at radius 3 is 2.67 bits per heavy atom. The summed E-state index contributed by atoms with van der Waals surface area (Å²) in [5.74, 6) is 0.414. The molecule has 1 amide bonds. The maximum atomic E-state index is 12.3. The molecule has 0 saturated heterocycles. The number of carbonyl (C=O) groups is 1. The van der Waals surface area contributed by atoms with Gasteiger partial charge in [-0.1, -0.05) is 23.4 Å². The summed E-state index contributed by atoms with van der Waals surface area (Å²) in [7, 11) is -2.36. The summed E-state index contributed by atoms with van der Waals surface area (Å²) in [4.78, 5) is 16.0. The zero-order valence-electron chi connectivity index (χ0n) is 11.2. The number of hydrogen-bond donors (Lipinski definition) is 1. The molecule has 1 heterocycles. The third-order valence-corrected chi connectivity index (χ3v) is 5.68.